The lowest BCUT2D eigenvalue weighted by Gasteiger charge is -2.25. The molecule has 0 heterocycles. The van der Waals surface area contributed by atoms with Crippen molar-refractivity contribution in [1.82, 2.24) is 5.32 Å². The minimum atomic E-state index is -1.70. The Kier molecular flexibility index (Phi) is 15.0. The zero-order valence-electron chi connectivity index (χ0n) is 15.8. The van der Waals surface area contributed by atoms with Crippen LogP contribution in [0.5, 0.6) is 0 Å². The van der Waals surface area contributed by atoms with Crippen LogP contribution in [0.1, 0.15) is 64.2 Å². The van der Waals surface area contributed by atoms with Crippen LogP contribution in [0.25, 0.3) is 0 Å². The van der Waals surface area contributed by atoms with Crippen molar-refractivity contribution in [3.63, 3.8) is 0 Å². The van der Waals surface area contributed by atoms with Gasteiger partial charge >= 0.3 is 5.97 Å². The molecule has 160 valence electrons. The van der Waals surface area contributed by atoms with E-state index in [-0.39, 0.29) is 18.9 Å². The van der Waals surface area contributed by atoms with E-state index < -0.39 is 37.0 Å². The number of hydrogen-bond donors (Lipinski definition) is 7. The van der Waals surface area contributed by atoms with Crippen LogP contribution in [-0.2, 0) is 9.59 Å². The highest BCUT2D eigenvalue weighted by molar-refractivity contribution is 5.75. The molecule has 4 atom stereocenters. The molecule has 0 aliphatic carbocycles. The molecular weight excluding hydrogens is 358 g/mol. The summed E-state index contributed by atoms with van der Waals surface area (Å²) in [4.78, 5) is 22.0. The number of amides is 1. The molecule has 1 amide bonds. The number of aliphatic carboxylic acids is 1. The molecule has 0 saturated heterocycles. The van der Waals surface area contributed by atoms with Gasteiger partial charge in [0.1, 0.15) is 18.3 Å². The predicted octanol–water partition coefficient (Wildman–Crippen LogP) is -0.476. The summed E-state index contributed by atoms with van der Waals surface area (Å²) >= 11 is 0. The number of unbranched alkanes of at least 4 members (excludes halogenated alkanes) is 7. The Balaban J connectivity index is 3.62. The van der Waals surface area contributed by atoms with Crippen LogP contribution >= 0.6 is 0 Å². The first-order valence-corrected chi connectivity index (χ1v) is 9.61. The summed E-state index contributed by atoms with van der Waals surface area (Å²) in [5, 5.41) is 57.7. The molecule has 0 aromatic rings. The first-order valence-electron chi connectivity index (χ1n) is 9.61. The Morgan fingerprint density at radius 2 is 1.15 bits per heavy atom. The van der Waals surface area contributed by atoms with Crippen LogP contribution < -0.4 is 5.32 Å². The maximum atomic E-state index is 11.7. The highest BCUT2D eigenvalue weighted by Crippen LogP contribution is 2.11. The van der Waals surface area contributed by atoms with Gasteiger partial charge in [-0.25, -0.2) is 0 Å². The summed E-state index contributed by atoms with van der Waals surface area (Å²) in [5.74, 6) is -1.03. The minimum absolute atomic E-state index is 0.224. The standard InChI is InChI=1S/C18H35NO8/c20-12-14(22)18(27)17(26)13(21)11-19-15(23)9-7-5-3-1-2-4-6-8-10-16(24)25/h13-14,17-18,20-22,26-27H,1-12H2,(H,19,23)(H,24,25)/t13?,14?,17?,18-/m1/s1. The number of carboxylic acids is 1. The third-order valence-corrected chi connectivity index (χ3v) is 4.38. The van der Waals surface area contributed by atoms with Crippen molar-refractivity contribution < 1.29 is 40.2 Å². The van der Waals surface area contributed by atoms with Gasteiger partial charge in [-0.2, -0.15) is 0 Å². The van der Waals surface area contributed by atoms with Gasteiger partial charge in [0.25, 0.3) is 0 Å². The number of nitrogens with one attached hydrogen (secondary N) is 1. The number of carbonyl (C=O) groups is 2. The van der Waals surface area contributed by atoms with Crippen LogP contribution in [-0.4, -0.2) is 80.1 Å². The van der Waals surface area contributed by atoms with Crippen molar-refractivity contribution in [2.45, 2.75) is 88.6 Å². The van der Waals surface area contributed by atoms with Gasteiger partial charge in [0.15, 0.2) is 0 Å². The van der Waals surface area contributed by atoms with Gasteiger partial charge < -0.3 is 36.0 Å². The molecule has 0 bridgehead atoms. The molecule has 0 fully saturated rings. The van der Waals surface area contributed by atoms with E-state index in [1.165, 1.54) is 0 Å². The Labute approximate surface area is 160 Å². The highest BCUT2D eigenvalue weighted by Gasteiger charge is 2.30. The van der Waals surface area contributed by atoms with Crippen LogP contribution in [0, 0.1) is 0 Å². The SMILES string of the molecule is O=C(O)CCCCCCCCCCC(=O)NCC(O)C(O)[C@H](O)C(O)CO. The lowest BCUT2D eigenvalue weighted by Crippen LogP contribution is -2.49. The van der Waals surface area contributed by atoms with E-state index in [0.717, 1.165) is 38.5 Å². The summed E-state index contributed by atoms with van der Waals surface area (Å²) in [7, 11) is 0. The number of carboxylic acid groups (broad SMARTS) is 1. The van der Waals surface area contributed by atoms with Gasteiger partial charge in [-0.15, -0.1) is 0 Å². The summed E-state index contributed by atoms with van der Waals surface area (Å²) in [6.45, 7) is -1.01. The Morgan fingerprint density at radius 3 is 1.63 bits per heavy atom. The molecule has 0 spiro atoms. The zero-order chi connectivity index (χ0) is 20.7. The molecule has 27 heavy (non-hydrogen) atoms. The van der Waals surface area contributed by atoms with Crippen molar-refractivity contribution in [2.24, 2.45) is 0 Å². The van der Waals surface area contributed by atoms with E-state index in [9.17, 15) is 30.0 Å². The topological polar surface area (TPSA) is 168 Å². The van der Waals surface area contributed by atoms with Crippen LogP contribution in [0.4, 0.5) is 0 Å². The van der Waals surface area contributed by atoms with Crippen molar-refractivity contribution in [1.29, 1.82) is 0 Å². The van der Waals surface area contributed by atoms with E-state index in [2.05, 4.69) is 5.32 Å². The maximum Gasteiger partial charge on any atom is 0.303 e. The summed E-state index contributed by atoms with van der Waals surface area (Å²) < 4.78 is 0. The number of carbonyl (C=O) groups excluding carboxylic acids is 1. The summed E-state index contributed by atoms with van der Waals surface area (Å²) in [6.07, 6.45) is 1.48. The van der Waals surface area contributed by atoms with Gasteiger partial charge in [0.05, 0.1) is 12.7 Å². The van der Waals surface area contributed by atoms with E-state index >= 15 is 0 Å². The maximum absolute atomic E-state index is 11.7. The molecular formula is C18H35NO8. The monoisotopic (exact) mass is 393 g/mol. The molecule has 0 aliphatic heterocycles. The average molecular weight is 393 g/mol. The molecule has 0 aromatic heterocycles. The molecule has 7 N–H and O–H groups in total. The second kappa shape index (κ2) is 15.8. The van der Waals surface area contributed by atoms with Crippen molar-refractivity contribution in [3.05, 3.63) is 0 Å². The minimum Gasteiger partial charge on any atom is -0.481 e. The molecule has 0 aromatic carbocycles. The van der Waals surface area contributed by atoms with E-state index in [4.69, 9.17) is 10.2 Å². The molecule has 0 rings (SSSR count). The Hall–Kier alpha value is -1.26. The second-order valence-corrected chi connectivity index (χ2v) is 6.82. The molecule has 3 unspecified atom stereocenters. The first kappa shape index (κ1) is 25.7. The summed E-state index contributed by atoms with van der Waals surface area (Å²) in [6, 6.07) is 0. The van der Waals surface area contributed by atoms with Gasteiger partial charge in [-0.3, -0.25) is 9.59 Å². The molecule has 0 radical (unpaired) electrons. The predicted molar refractivity (Wildman–Crippen MR) is 97.9 cm³/mol. The van der Waals surface area contributed by atoms with E-state index in [0.29, 0.717) is 19.3 Å². The highest BCUT2D eigenvalue weighted by atomic mass is 16.4. The van der Waals surface area contributed by atoms with Crippen LogP contribution in [0.2, 0.25) is 0 Å². The molecule has 9 nitrogen and oxygen atoms in total. The van der Waals surface area contributed by atoms with Crippen molar-refractivity contribution in [2.75, 3.05) is 13.2 Å². The van der Waals surface area contributed by atoms with Gasteiger partial charge in [0.2, 0.25) is 5.91 Å². The number of hydrogen-bond acceptors (Lipinski definition) is 7. The second-order valence-electron chi connectivity index (χ2n) is 6.82. The fraction of sp³-hybridized carbons (Fsp3) is 0.889. The Morgan fingerprint density at radius 1 is 0.704 bits per heavy atom. The fourth-order valence-corrected chi connectivity index (χ4v) is 2.61. The molecule has 0 saturated carbocycles. The van der Waals surface area contributed by atoms with E-state index in [1.54, 1.807) is 0 Å². The zero-order valence-corrected chi connectivity index (χ0v) is 15.8. The van der Waals surface area contributed by atoms with Gasteiger partial charge in [-0.1, -0.05) is 38.5 Å². The number of aliphatic hydroxyl groups excluding tert-OH is 5. The van der Waals surface area contributed by atoms with Crippen LogP contribution in [0.3, 0.4) is 0 Å². The number of aliphatic hydroxyl groups is 5. The smallest absolute Gasteiger partial charge is 0.303 e. The van der Waals surface area contributed by atoms with Crippen LogP contribution in [0.15, 0.2) is 0 Å². The third-order valence-electron chi connectivity index (χ3n) is 4.38. The van der Waals surface area contributed by atoms with Gasteiger partial charge in [0, 0.05) is 19.4 Å². The Bertz CT molecular complexity index is 407. The average Bonchev–Trinajstić information content (AvgIpc) is 2.65. The third kappa shape index (κ3) is 13.5. The van der Waals surface area contributed by atoms with Gasteiger partial charge in [-0.05, 0) is 12.8 Å². The lowest BCUT2D eigenvalue weighted by atomic mass is 10.0. The lowest BCUT2D eigenvalue weighted by molar-refractivity contribution is -0.137. The number of rotatable bonds is 17. The molecule has 0 aliphatic rings. The summed E-state index contributed by atoms with van der Waals surface area (Å²) in [5.41, 5.74) is 0. The van der Waals surface area contributed by atoms with Crippen molar-refractivity contribution in [3.8, 4) is 0 Å². The molecule has 9 heteroatoms. The quantitative estimate of drug-likeness (QED) is 0.163. The fourth-order valence-electron chi connectivity index (χ4n) is 2.61. The van der Waals surface area contributed by atoms with E-state index in [1.807, 2.05) is 0 Å². The largest absolute Gasteiger partial charge is 0.481 e. The first-order chi connectivity index (χ1) is 12.8. The normalized spacial score (nSPS) is 15.7. The van der Waals surface area contributed by atoms with Crippen molar-refractivity contribution >= 4 is 11.9 Å².